The van der Waals surface area contributed by atoms with Gasteiger partial charge in [-0.3, -0.25) is 9.59 Å². The molecule has 0 spiro atoms. The Kier molecular flexibility index (Phi) is 4.24. The molecule has 1 amide bonds. The molecule has 0 saturated heterocycles. The van der Waals surface area contributed by atoms with Gasteiger partial charge >= 0.3 is 5.97 Å². The fraction of sp³-hybridized carbons (Fsp3) is 0.867. The third kappa shape index (κ3) is 2.70. The molecule has 4 fully saturated rings. The highest BCUT2D eigenvalue weighted by Gasteiger charge is 2.50. The fourth-order valence-corrected chi connectivity index (χ4v) is 5.35. The summed E-state index contributed by atoms with van der Waals surface area (Å²) in [5.74, 6) is 3.06. The average molecular weight is 391 g/mol. The van der Waals surface area contributed by atoms with Crippen molar-refractivity contribution < 1.29 is 14.3 Å². The van der Waals surface area contributed by atoms with Crippen LogP contribution in [-0.4, -0.2) is 29.5 Å². The van der Waals surface area contributed by atoms with E-state index in [9.17, 15) is 9.59 Å². The zero-order chi connectivity index (χ0) is 14.3. The minimum Gasteiger partial charge on any atom is -0.468 e. The molecule has 0 aromatic rings. The second kappa shape index (κ2) is 5.81. The van der Waals surface area contributed by atoms with E-state index in [2.05, 4.69) is 10.1 Å². The Labute approximate surface area is 133 Å². The molecule has 1 atom stereocenters. The van der Waals surface area contributed by atoms with Crippen molar-refractivity contribution in [1.82, 2.24) is 5.32 Å². The highest BCUT2D eigenvalue weighted by molar-refractivity contribution is 14.1. The Morgan fingerprint density at radius 2 is 1.70 bits per heavy atom. The molecule has 0 aliphatic heterocycles. The number of hydrogen-bond donors (Lipinski definition) is 1. The molecule has 0 radical (unpaired) electrons. The number of esters is 1. The quantitative estimate of drug-likeness (QED) is 0.454. The number of methoxy groups -OCH3 is 1. The lowest BCUT2D eigenvalue weighted by Crippen LogP contribution is -2.51. The van der Waals surface area contributed by atoms with Crippen LogP contribution >= 0.6 is 22.6 Å². The molecule has 0 heterocycles. The molecule has 4 nitrogen and oxygen atoms in total. The number of carbonyl (C=O) groups is 2. The zero-order valence-corrected chi connectivity index (χ0v) is 14.0. The van der Waals surface area contributed by atoms with E-state index in [0.29, 0.717) is 18.4 Å². The first-order valence-electron chi connectivity index (χ1n) is 7.58. The number of hydrogen-bond acceptors (Lipinski definition) is 3. The Morgan fingerprint density at radius 1 is 1.15 bits per heavy atom. The van der Waals surface area contributed by atoms with Crippen molar-refractivity contribution in [3.8, 4) is 0 Å². The van der Waals surface area contributed by atoms with Gasteiger partial charge in [-0.25, -0.2) is 0 Å². The summed E-state index contributed by atoms with van der Waals surface area (Å²) < 4.78 is 4.39. The van der Waals surface area contributed by atoms with Crippen LogP contribution in [0.1, 0.15) is 32.1 Å². The molecule has 4 rings (SSSR count). The maximum Gasteiger partial charge on any atom is 0.320 e. The first-order chi connectivity index (χ1) is 9.58. The second-order valence-corrected chi connectivity index (χ2v) is 8.20. The third-order valence-corrected chi connectivity index (χ3v) is 6.39. The molecule has 4 aliphatic carbocycles. The summed E-state index contributed by atoms with van der Waals surface area (Å²) in [7, 11) is 1.38. The summed E-state index contributed by atoms with van der Waals surface area (Å²) >= 11 is 2.03. The minimum atomic E-state index is -0.293. The molecule has 5 heteroatoms. The number of halogens is 1. The van der Waals surface area contributed by atoms with E-state index in [1.54, 1.807) is 0 Å². The topological polar surface area (TPSA) is 55.4 Å². The number of alkyl halides is 1. The largest absolute Gasteiger partial charge is 0.468 e. The summed E-state index contributed by atoms with van der Waals surface area (Å²) in [6, 6.07) is 0. The van der Waals surface area contributed by atoms with Gasteiger partial charge in [0, 0.05) is 12.5 Å². The van der Waals surface area contributed by atoms with Crippen LogP contribution in [0.15, 0.2) is 0 Å². The predicted molar refractivity (Wildman–Crippen MR) is 83.4 cm³/mol. The van der Waals surface area contributed by atoms with E-state index < -0.39 is 0 Å². The average Bonchev–Trinajstić information content (AvgIpc) is 2.42. The predicted octanol–water partition coefficient (Wildman–Crippen LogP) is 2.15. The van der Waals surface area contributed by atoms with Crippen molar-refractivity contribution in [2.24, 2.45) is 29.6 Å². The van der Waals surface area contributed by atoms with E-state index in [0.717, 1.165) is 11.8 Å². The van der Waals surface area contributed by atoms with Gasteiger partial charge in [0.2, 0.25) is 5.91 Å². The highest BCUT2D eigenvalue weighted by Crippen LogP contribution is 2.56. The number of amides is 1. The molecular weight excluding hydrogens is 369 g/mol. The van der Waals surface area contributed by atoms with Gasteiger partial charge in [0.15, 0.2) is 0 Å². The highest BCUT2D eigenvalue weighted by atomic mass is 127. The van der Waals surface area contributed by atoms with Crippen LogP contribution in [0, 0.1) is 29.6 Å². The summed E-state index contributed by atoms with van der Waals surface area (Å²) in [5, 5.41) is 2.98. The van der Waals surface area contributed by atoms with Crippen molar-refractivity contribution in [1.29, 1.82) is 0 Å². The van der Waals surface area contributed by atoms with Gasteiger partial charge in [0.25, 0.3) is 0 Å². The van der Waals surface area contributed by atoms with Crippen molar-refractivity contribution in [2.45, 2.75) is 36.0 Å². The Hall–Kier alpha value is -0.330. The first kappa shape index (κ1) is 14.6. The lowest BCUT2D eigenvalue weighted by Gasteiger charge is -2.53. The minimum absolute atomic E-state index is 0.171. The maximum absolute atomic E-state index is 12.5. The van der Waals surface area contributed by atoms with Crippen molar-refractivity contribution in [3.63, 3.8) is 0 Å². The van der Waals surface area contributed by atoms with Gasteiger partial charge in [-0.15, -0.1) is 0 Å². The lowest BCUT2D eigenvalue weighted by molar-refractivity contribution is -0.140. The number of nitrogens with one attached hydrogen (secondary N) is 1. The van der Waals surface area contributed by atoms with Gasteiger partial charge in [0.1, 0.15) is 3.92 Å². The number of carbonyl (C=O) groups excluding carboxylic acids is 2. The van der Waals surface area contributed by atoms with Crippen LogP contribution < -0.4 is 5.32 Å². The van der Waals surface area contributed by atoms with Gasteiger partial charge in [-0.2, -0.15) is 0 Å². The van der Waals surface area contributed by atoms with Crippen LogP contribution in [0.5, 0.6) is 0 Å². The monoisotopic (exact) mass is 391 g/mol. The molecule has 0 aromatic heterocycles. The number of rotatable bonds is 4. The van der Waals surface area contributed by atoms with Gasteiger partial charge in [-0.05, 0) is 55.8 Å². The van der Waals surface area contributed by atoms with Gasteiger partial charge < -0.3 is 10.1 Å². The van der Waals surface area contributed by atoms with E-state index in [4.69, 9.17) is 0 Å². The Bertz CT molecular complexity index is 384. The van der Waals surface area contributed by atoms with Crippen molar-refractivity contribution in [3.05, 3.63) is 0 Å². The summed E-state index contributed by atoms with van der Waals surface area (Å²) in [4.78, 5) is 23.8. The molecule has 4 saturated carbocycles. The standard InChI is InChI=1S/C15H22INO3/c1-20-15(19)12(16)7-17-14(18)13-10-3-8-2-9(5-10)6-11(13)4-8/h8-13H,2-7H2,1H3,(H,17,18). The van der Waals surface area contributed by atoms with Crippen LogP contribution in [0.25, 0.3) is 0 Å². The third-order valence-electron chi connectivity index (χ3n) is 5.44. The lowest BCUT2D eigenvalue weighted by atomic mass is 9.51. The molecule has 1 N–H and O–H groups in total. The van der Waals surface area contributed by atoms with Crippen LogP contribution in [0.4, 0.5) is 0 Å². The zero-order valence-electron chi connectivity index (χ0n) is 11.8. The smallest absolute Gasteiger partial charge is 0.320 e. The summed E-state index contributed by atoms with van der Waals surface area (Å²) in [6.07, 6.45) is 6.39. The Balaban J connectivity index is 1.56. The van der Waals surface area contributed by atoms with Crippen LogP contribution in [-0.2, 0) is 14.3 Å². The molecule has 112 valence electrons. The molecule has 4 bridgehead atoms. The van der Waals surface area contributed by atoms with Gasteiger partial charge in [-0.1, -0.05) is 22.6 Å². The molecule has 0 aromatic carbocycles. The second-order valence-electron chi connectivity index (χ2n) is 6.69. The SMILES string of the molecule is COC(=O)C(I)CNC(=O)C1C2CC3CC(C2)CC1C3. The summed E-state index contributed by atoms with van der Waals surface area (Å²) in [6.45, 7) is 0.384. The van der Waals surface area contributed by atoms with E-state index in [1.807, 2.05) is 22.6 Å². The molecular formula is C15H22INO3. The van der Waals surface area contributed by atoms with Crippen molar-refractivity contribution >= 4 is 34.5 Å². The molecule has 20 heavy (non-hydrogen) atoms. The maximum atomic E-state index is 12.5. The first-order valence-corrected chi connectivity index (χ1v) is 8.82. The van der Waals surface area contributed by atoms with Crippen LogP contribution in [0.2, 0.25) is 0 Å². The fourth-order valence-electron chi connectivity index (χ4n) is 4.87. The summed E-state index contributed by atoms with van der Waals surface area (Å²) in [5.41, 5.74) is 0. The van der Waals surface area contributed by atoms with E-state index in [1.165, 1.54) is 39.2 Å². The molecule has 4 aliphatic rings. The van der Waals surface area contributed by atoms with Gasteiger partial charge in [0.05, 0.1) is 7.11 Å². The van der Waals surface area contributed by atoms with Crippen LogP contribution in [0.3, 0.4) is 0 Å². The number of ether oxygens (including phenoxy) is 1. The van der Waals surface area contributed by atoms with E-state index >= 15 is 0 Å². The normalized spacial score (nSPS) is 39.4. The Morgan fingerprint density at radius 3 is 2.20 bits per heavy atom. The molecule has 1 unspecified atom stereocenters. The van der Waals surface area contributed by atoms with Crippen molar-refractivity contribution in [2.75, 3.05) is 13.7 Å². The van der Waals surface area contributed by atoms with E-state index in [-0.39, 0.29) is 21.7 Å².